The van der Waals surface area contributed by atoms with Gasteiger partial charge in [-0.25, -0.2) is 9.59 Å². The van der Waals surface area contributed by atoms with E-state index in [1.54, 1.807) is 19.9 Å². The SMILES string of the molecule is CCCOCOCCc1ccc(OCCOC(=O)C2=C(C)NC(C)=C(C(=O)OC)C2c2cccc([N+](=O)[O-])c2)cc1. The molecule has 0 saturated heterocycles. The molecule has 0 radical (unpaired) electrons. The first-order valence-electron chi connectivity index (χ1n) is 13.3. The normalized spacial score (nSPS) is 14.9. The predicted molar refractivity (Wildman–Crippen MR) is 150 cm³/mol. The Hall–Kier alpha value is -4.22. The van der Waals surface area contributed by atoms with Crippen molar-refractivity contribution in [2.45, 2.75) is 39.5 Å². The lowest BCUT2D eigenvalue weighted by Gasteiger charge is -2.30. The summed E-state index contributed by atoms with van der Waals surface area (Å²) in [6, 6.07) is 13.3. The van der Waals surface area contributed by atoms with Gasteiger partial charge in [0, 0.05) is 30.1 Å². The summed E-state index contributed by atoms with van der Waals surface area (Å²) >= 11 is 0. The molecule has 11 heteroatoms. The van der Waals surface area contributed by atoms with Crippen LogP contribution in [0.5, 0.6) is 5.75 Å². The van der Waals surface area contributed by atoms with E-state index in [0.717, 1.165) is 18.4 Å². The Balaban J connectivity index is 1.63. The minimum Gasteiger partial charge on any atom is -0.490 e. The zero-order valence-electron chi connectivity index (χ0n) is 23.8. The average Bonchev–Trinajstić information content (AvgIpc) is 2.97. The molecule has 41 heavy (non-hydrogen) atoms. The highest BCUT2D eigenvalue weighted by molar-refractivity contribution is 5.99. The van der Waals surface area contributed by atoms with Gasteiger partial charge >= 0.3 is 11.9 Å². The van der Waals surface area contributed by atoms with Crippen LogP contribution in [0.3, 0.4) is 0 Å². The first-order chi connectivity index (χ1) is 19.8. The number of nitro benzene ring substituents is 1. The second-order valence-electron chi connectivity index (χ2n) is 9.29. The van der Waals surface area contributed by atoms with Crippen LogP contribution in [0, 0.1) is 10.1 Å². The van der Waals surface area contributed by atoms with Gasteiger partial charge in [0.05, 0.1) is 35.7 Å². The van der Waals surface area contributed by atoms with E-state index in [1.807, 2.05) is 31.2 Å². The monoisotopic (exact) mass is 568 g/mol. The van der Waals surface area contributed by atoms with Crippen molar-refractivity contribution >= 4 is 17.6 Å². The van der Waals surface area contributed by atoms with Gasteiger partial charge in [-0.05, 0) is 49.9 Å². The fourth-order valence-electron chi connectivity index (χ4n) is 4.43. The summed E-state index contributed by atoms with van der Waals surface area (Å²) in [5.74, 6) is -1.64. The molecule has 0 saturated carbocycles. The van der Waals surface area contributed by atoms with Crippen LogP contribution in [-0.4, -0.2) is 57.2 Å². The quantitative estimate of drug-likeness (QED) is 0.107. The van der Waals surface area contributed by atoms with Crippen LogP contribution in [0.2, 0.25) is 0 Å². The van der Waals surface area contributed by atoms with Gasteiger partial charge in [-0.2, -0.15) is 0 Å². The minimum atomic E-state index is -0.924. The lowest BCUT2D eigenvalue weighted by atomic mass is 9.80. The van der Waals surface area contributed by atoms with Crippen LogP contribution in [-0.2, 0) is 35.0 Å². The molecule has 0 aliphatic carbocycles. The molecular formula is C30H36N2O9. The van der Waals surface area contributed by atoms with E-state index in [2.05, 4.69) is 5.32 Å². The van der Waals surface area contributed by atoms with Crippen molar-refractivity contribution in [1.29, 1.82) is 0 Å². The Morgan fingerprint density at radius 2 is 1.61 bits per heavy atom. The molecule has 3 rings (SSSR count). The summed E-state index contributed by atoms with van der Waals surface area (Å²) in [7, 11) is 1.23. The number of benzene rings is 2. The topological polar surface area (TPSA) is 135 Å². The highest BCUT2D eigenvalue weighted by atomic mass is 16.7. The number of nitrogens with one attached hydrogen (secondary N) is 1. The first-order valence-corrected chi connectivity index (χ1v) is 13.3. The van der Waals surface area contributed by atoms with Crippen LogP contribution in [0.4, 0.5) is 5.69 Å². The maximum absolute atomic E-state index is 13.3. The Bertz CT molecular complexity index is 1290. The number of nitro groups is 1. The van der Waals surface area contributed by atoms with Crippen LogP contribution in [0.15, 0.2) is 71.1 Å². The third kappa shape index (κ3) is 8.63. The van der Waals surface area contributed by atoms with Crippen molar-refractivity contribution in [3.8, 4) is 5.75 Å². The van der Waals surface area contributed by atoms with E-state index in [9.17, 15) is 19.7 Å². The van der Waals surface area contributed by atoms with Gasteiger partial charge in [-0.1, -0.05) is 31.2 Å². The van der Waals surface area contributed by atoms with Crippen molar-refractivity contribution in [2.75, 3.05) is 40.3 Å². The number of rotatable bonds is 15. The summed E-state index contributed by atoms with van der Waals surface area (Å²) in [6.45, 7) is 6.96. The lowest BCUT2D eigenvalue weighted by molar-refractivity contribution is -0.384. The number of non-ortho nitro benzene ring substituents is 1. The van der Waals surface area contributed by atoms with E-state index in [0.29, 0.717) is 35.9 Å². The zero-order chi connectivity index (χ0) is 29.8. The fourth-order valence-corrected chi connectivity index (χ4v) is 4.43. The largest absolute Gasteiger partial charge is 0.490 e. The number of esters is 2. The van der Waals surface area contributed by atoms with Gasteiger partial charge in [0.1, 0.15) is 25.8 Å². The third-order valence-corrected chi connectivity index (χ3v) is 6.36. The highest BCUT2D eigenvalue weighted by Gasteiger charge is 2.38. The Morgan fingerprint density at radius 1 is 0.927 bits per heavy atom. The summed E-state index contributed by atoms with van der Waals surface area (Å²) in [5, 5.41) is 14.5. The summed E-state index contributed by atoms with van der Waals surface area (Å²) < 4.78 is 27.0. The number of carbonyl (C=O) groups excluding carboxylic acids is 2. The number of hydrogen-bond acceptors (Lipinski definition) is 10. The molecule has 1 atom stereocenters. The highest BCUT2D eigenvalue weighted by Crippen LogP contribution is 2.40. The number of carbonyl (C=O) groups is 2. The number of dihydropyridines is 1. The predicted octanol–water partition coefficient (Wildman–Crippen LogP) is 4.57. The molecule has 2 aromatic carbocycles. The molecule has 0 aromatic heterocycles. The second kappa shape index (κ2) is 15.5. The molecule has 2 aromatic rings. The number of ether oxygens (including phenoxy) is 5. The minimum absolute atomic E-state index is 0.0547. The summed E-state index contributed by atoms with van der Waals surface area (Å²) in [5.41, 5.74) is 2.58. The standard InChI is InChI=1S/C30H36N2O9/c1-5-14-38-19-39-15-13-22-9-11-25(12-10-22)40-16-17-41-30(34)27-21(3)31-20(2)26(29(33)37-4)28(27)23-7-6-8-24(18-23)32(35)36/h6-12,18,28,31H,5,13-17,19H2,1-4H3. The number of nitrogens with zero attached hydrogens (tertiary/aromatic N) is 1. The van der Waals surface area contributed by atoms with Crippen LogP contribution in [0.25, 0.3) is 0 Å². The molecule has 0 bridgehead atoms. The van der Waals surface area contributed by atoms with Crippen molar-refractivity contribution in [2.24, 2.45) is 0 Å². The molecule has 1 heterocycles. The lowest BCUT2D eigenvalue weighted by Crippen LogP contribution is -2.32. The van der Waals surface area contributed by atoms with Crippen molar-refractivity contribution in [1.82, 2.24) is 5.32 Å². The molecule has 1 aliphatic rings. The molecule has 0 fully saturated rings. The van der Waals surface area contributed by atoms with Crippen LogP contribution in [0.1, 0.15) is 44.2 Å². The zero-order valence-corrected chi connectivity index (χ0v) is 23.8. The molecular weight excluding hydrogens is 532 g/mol. The van der Waals surface area contributed by atoms with Gasteiger partial charge in [0.25, 0.3) is 5.69 Å². The van der Waals surface area contributed by atoms with E-state index in [-0.39, 0.29) is 36.8 Å². The molecule has 1 aliphatic heterocycles. The molecule has 1 N–H and O–H groups in total. The van der Waals surface area contributed by atoms with Gasteiger partial charge in [-0.3, -0.25) is 10.1 Å². The molecule has 1 unspecified atom stereocenters. The van der Waals surface area contributed by atoms with Crippen molar-refractivity contribution < 1.29 is 38.2 Å². The maximum atomic E-state index is 13.3. The maximum Gasteiger partial charge on any atom is 0.336 e. The fraction of sp³-hybridized carbons (Fsp3) is 0.400. The van der Waals surface area contributed by atoms with Gasteiger partial charge in [0.2, 0.25) is 0 Å². The van der Waals surface area contributed by atoms with Gasteiger partial charge in [0.15, 0.2) is 0 Å². The molecule has 220 valence electrons. The Labute approximate surface area is 239 Å². The third-order valence-electron chi connectivity index (χ3n) is 6.36. The smallest absolute Gasteiger partial charge is 0.336 e. The number of allylic oxidation sites excluding steroid dienone is 2. The molecule has 0 spiro atoms. The van der Waals surface area contributed by atoms with E-state index in [1.165, 1.54) is 25.3 Å². The average molecular weight is 569 g/mol. The van der Waals surface area contributed by atoms with Crippen molar-refractivity contribution in [3.05, 3.63) is 92.3 Å². The Kier molecular flexibility index (Phi) is 11.9. The molecule has 0 amide bonds. The summed E-state index contributed by atoms with van der Waals surface area (Å²) in [6.07, 6.45) is 1.69. The van der Waals surface area contributed by atoms with Crippen molar-refractivity contribution in [3.63, 3.8) is 0 Å². The number of methoxy groups -OCH3 is 1. The van der Waals surface area contributed by atoms with Gasteiger partial charge in [-0.15, -0.1) is 0 Å². The van der Waals surface area contributed by atoms with E-state index in [4.69, 9.17) is 23.7 Å². The second-order valence-corrected chi connectivity index (χ2v) is 9.29. The molecule has 11 nitrogen and oxygen atoms in total. The van der Waals surface area contributed by atoms with E-state index >= 15 is 0 Å². The summed E-state index contributed by atoms with van der Waals surface area (Å²) in [4.78, 5) is 36.9. The Morgan fingerprint density at radius 3 is 2.27 bits per heavy atom. The first kappa shape index (κ1) is 31.3. The van der Waals surface area contributed by atoms with Crippen LogP contribution >= 0.6 is 0 Å². The van der Waals surface area contributed by atoms with E-state index < -0.39 is 22.8 Å². The van der Waals surface area contributed by atoms with Crippen LogP contribution < -0.4 is 10.1 Å². The van der Waals surface area contributed by atoms with Gasteiger partial charge < -0.3 is 29.0 Å². The number of hydrogen-bond donors (Lipinski definition) is 1.